The van der Waals surface area contributed by atoms with Gasteiger partial charge in [0.15, 0.2) is 5.82 Å². The van der Waals surface area contributed by atoms with Gasteiger partial charge >= 0.3 is 0 Å². The smallest absolute Gasteiger partial charge is 0.230 e. The molecule has 30 heavy (non-hydrogen) atoms. The molecule has 0 aromatic carbocycles. The minimum Gasteiger partial charge on any atom is -0.347 e. The SMILES string of the molecule is CN(C)c1nc(CNS(=O)(=O)C[C@]23CCC(CC2=O)C3(C)C)nc(N2CCCC2)n1. The Morgan fingerprint density at radius 2 is 1.87 bits per heavy atom. The number of Topliss-reactive ketones (excluding diaryl/α,β-unsaturated/α-hetero) is 1. The first-order valence-electron chi connectivity index (χ1n) is 10.7. The van der Waals surface area contributed by atoms with Crippen LogP contribution in [0.15, 0.2) is 0 Å². The minimum absolute atomic E-state index is 0.0132. The molecule has 4 rings (SSSR count). The van der Waals surface area contributed by atoms with Crippen LogP contribution in [0.4, 0.5) is 11.9 Å². The Morgan fingerprint density at radius 3 is 2.43 bits per heavy atom. The fourth-order valence-corrected chi connectivity index (χ4v) is 7.17. The lowest BCUT2D eigenvalue weighted by atomic mass is 9.70. The Kier molecular flexibility index (Phi) is 5.29. The van der Waals surface area contributed by atoms with Gasteiger partial charge in [0.2, 0.25) is 21.9 Å². The van der Waals surface area contributed by atoms with Crippen molar-refractivity contribution in [2.45, 2.75) is 52.5 Å². The van der Waals surface area contributed by atoms with E-state index in [1.807, 2.05) is 27.9 Å². The number of nitrogens with one attached hydrogen (secondary N) is 1. The summed E-state index contributed by atoms with van der Waals surface area (Å²) in [6.07, 6.45) is 4.27. The first-order valence-corrected chi connectivity index (χ1v) is 12.4. The van der Waals surface area contributed by atoms with Crippen LogP contribution in [-0.2, 0) is 21.4 Å². The van der Waals surface area contributed by atoms with Crippen LogP contribution in [0.3, 0.4) is 0 Å². The van der Waals surface area contributed by atoms with Crippen LogP contribution in [-0.4, -0.2) is 62.1 Å². The zero-order chi connectivity index (χ0) is 21.7. The normalized spacial score (nSPS) is 27.8. The number of carbonyl (C=O) groups excluding carboxylic acids is 1. The van der Waals surface area contributed by atoms with Crippen molar-refractivity contribution in [2.75, 3.05) is 42.7 Å². The van der Waals surface area contributed by atoms with E-state index in [-0.39, 0.29) is 29.4 Å². The van der Waals surface area contributed by atoms with E-state index in [2.05, 4.69) is 24.6 Å². The number of sulfonamides is 1. The van der Waals surface area contributed by atoms with Crippen molar-refractivity contribution in [3.63, 3.8) is 0 Å². The van der Waals surface area contributed by atoms with E-state index in [1.54, 1.807) is 4.90 Å². The number of ketones is 1. The number of aromatic nitrogens is 3. The molecule has 1 saturated heterocycles. The quantitative estimate of drug-likeness (QED) is 0.682. The number of hydrogen-bond donors (Lipinski definition) is 1. The molecule has 2 bridgehead atoms. The summed E-state index contributed by atoms with van der Waals surface area (Å²) in [4.78, 5) is 30.0. The van der Waals surface area contributed by atoms with Crippen molar-refractivity contribution in [3.8, 4) is 0 Å². The molecule has 0 radical (unpaired) electrons. The molecule has 1 unspecified atom stereocenters. The Morgan fingerprint density at radius 1 is 1.17 bits per heavy atom. The van der Waals surface area contributed by atoms with E-state index in [0.717, 1.165) is 32.4 Å². The molecule has 2 heterocycles. The summed E-state index contributed by atoms with van der Waals surface area (Å²) in [5.74, 6) is 1.70. The van der Waals surface area contributed by atoms with Crippen LogP contribution in [0.5, 0.6) is 0 Å². The number of anilines is 2. The molecule has 166 valence electrons. The van der Waals surface area contributed by atoms with E-state index >= 15 is 0 Å². The number of fused-ring (bicyclic) bond motifs is 2. The Labute approximate surface area is 178 Å². The lowest BCUT2D eigenvalue weighted by molar-refractivity contribution is -0.128. The molecule has 2 atom stereocenters. The predicted molar refractivity (Wildman–Crippen MR) is 115 cm³/mol. The summed E-state index contributed by atoms with van der Waals surface area (Å²) < 4.78 is 28.6. The Bertz CT molecular complexity index is 942. The third-order valence-electron chi connectivity index (χ3n) is 7.47. The average Bonchev–Trinajstić information content (AvgIpc) is 3.33. The van der Waals surface area contributed by atoms with Gasteiger partial charge in [-0.2, -0.15) is 15.0 Å². The summed E-state index contributed by atoms with van der Waals surface area (Å²) >= 11 is 0. The summed E-state index contributed by atoms with van der Waals surface area (Å²) in [7, 11) is 0.0210. The molecule has 1 aromatic heterocycles. The maximum atomic E-state index is 13.0. The van der Waals surface area contributed by atoms with Gasteiger partial charge in [0.1, 0.15) is 5.78 Å². The van der Waals surface area contributed by atoms with E-state index < -0.39 is 15.4 Å². The molecule has 1 N–H and O–H groups in total. The van der Waals surface area contributed by atoms with Gasteiger partial charge in [-0.3, -0.25) is 4.79 Å². The highest BCUT2D eigenvalue weighted by atomic mass is 32.2. The van der Waals surface area contributed by atoms with Gasteiger partial charge in [-0.05, 0) is 37.0 Å². The molecule has 3 fully saturated rings. The van der Waals surface area contributed by atoms with Crippen molar-refractivity contribution in [1.82, 2.24) is 19.7 Å². The highest BCUT2D eigenvalue weighted by Gasteiger charge is 2.65. The fraction of sp³-hybridized carbons (Fsp3) is 0.800. The van der Waals surface area contributed by atoms with Crippen molar-refractivity contribution in [3.05, 3.63) is 5.82 Å². The number of hydrogen-bond acceptors (Lipinski definition) is 8. The molecule has 9 nitrogen and oxygen atoms in total. The van der Waals surface area contributed by atoms with Crippen LogP contribution in [0.1, 0.15) is 51.8 Å². The lowest BCUT2D eigenvalue weighted by Crippen LogP contribution is -2.45. The first kappa shape index (κ1) is 21.4. The first-order chi connectivity index (χ1) is 14.0. The molecule has 1 aliphatic heterocycles. The number of rotatable bonds is 7. The second kappa shape index (κ2) is 7.40. The van der Waals surface area contributed by atoms with E-state index in [9.17, 15) is 13.2 Å². The fourth-order valence-electron chi connectivity index (χ4n) is 5.39. The van der Waals surface area contributed by atoms with Gasteiger partial charge in [0.25, 0.3) is 0 Å². The third-order valence-corrected chi connectivity index (χ3v) is 8.93. The van der Waals surface area contributed by atoms with Crippen molar-refractivity contribution in [1.29, 1.82) is 0 Å². The van der Waals surface area contributed by atoms with Gasteiger partial charge in [-0.1, -0.05) is 13.8 Å². The van der Waals surface area contributed by atoms with Crippen molar-refractivity contribution < 1.29 is 13.2 Å². The standard InChI is InChI=1S/C20H32N6O3S/c1-19(2)14-7-8-20(19,15(27)11-14)13-30(28,29)21-12-16-22-17(25(3)4)24-18(23-16)26-9-5-6-10-26/h14,21H,5-13H2,1-4H3/t14?,20-/m1/s1. The molecular weight excluding hydrogens is 404 g/mol. The van der Waals surface area contributed by atoms with Crippen molar-refractivity contribution in [2.24, 2.45) is 16.7 Å². The van der Waals surface area contributed by atoms with Gasteiger partial charge < -0.3 is 9.80 Å². The Hall–Kier alpha value is -1.81. The zero-order valence-electron chi connectivity index (χ0n) is 18.3. The van der Waals surface area contributed by atoms with Crippen molar-refractivity contribution >= 4 is 27.7 Å². The van der Waals surface area contributed by atoms with Crippen LogP contribution in [0.2, 0.25) is 0 Å². The largest absolute Gasteiger partial charge is 0.347 e. The highest BCUT2D eigenvalue weighted by Crippen LogP contribution is 2.64. The Balaban J connectivity index is 1.52. The van der Waals surface area contributed by atoms with E-state index in [4.69, 9.17) is 0 Å². The monoisotopic (exact) mass is 436 g/mol. The highest BCUT2D eigenvalue weighted by molar-refractivity contribution is 7.89. The third kappa shape index (κ3) is 3.57. The summed E-state index contributed by atoms with van der Waals surface area (Å²) in [5, 5.41) is 0. The van der Waals surface area contributed by atoms with Crippen LogP contribution in [0, 0.1) is 16.7 Å². The minimum atomic E-state index is -3.67. The molecular formula is C20H32N6O3S. The van der Waals surface area contributed by atoms with E-state index in [1.165, 1.54) is 0 Å². The second-order valence-electron chi connectivity index (χ2n) is 9.69. The molecule has 0 amide bonds. The average molecular weight is 437 g/mol. The molecule has 2 aliphatic carbocycles. The second-order valence-corrected chi connectivity index (χ2v) is 11.5. The summed E-state index contributed by atoms with van der Waals surface area (Å²) in [5.41, 5.74) is -1.06. The van der Waals surface area contributed by atoms with Gasteiger partial charge in [-0.25, -0.2) is 13.1 Å². The maximum absolute atomic E-state index is 13.0. The lowest BCUT2D eigenvalue weighted by Gasteiger charge is -2.36. The van der Waals surface area contributed by atoms with Crippen LogP contribution in [0.25, 0.3) is 0 Å². The van der Waals surface area contributed by atoms with Gasteiger partial charge in [0, 0.05) is 39.0 Å². The molecule has 10 heteroatoms. The molecule has 3 aliphatic rings. The van der Waals surface area contributed by atoms with Gasteiger partial charge in [0.05, 0.1) is 12.3 Å². The molecule has 0 spiro atoms. The number of nitrogens with zero attached hydrogens (tertiary/aromatic N) is 5. The number of carbonyl (C=O) groups is 1. The van der Waals surface area contributed by atoms with E-state index in [0.29, 0.717) is 30.6 Å². The topological polar surface area (TPSA) is 108 Å². The maximum Gasteiger partial charge on any atom is 0.230 e. The zero-order valence-corrected chi connectivity index (χ0v) is 19.1. The predicted octanol–water partition coefficient (Wildman–Crippen LogP) is 1.35. The van der Waals surface area contributed by atoms with Crippen LogP contribution < -0.4 is 14.5 Å². The van der Waals surface area contributed by atoms with Crippen LogP contribution >= 0.6 is 0 Å². The van der Waals surface area contributed by atoms with Gasteiger partial charge in [-0.15, -0.1) is 0 Å². The molecule has 2 saturated carbocycles. The summed E-state index contributed by atoms with van der Waals surface area (Å²) in [6, 6.07) is 0. The summed E-state index contributed by atoms with van der Waals surface area (Å²) in [6.45, 7) is 5.86. The molecule has 1 aromatic rings.